The van der Waals surface area contributed by atoms with Gasteiger partial charge in [-0.3, -0.25) is 9.55 Å². The van der Waals surface area contributed by atoms with Gasteiger partial charge in [0.2, 0.25) is 0 Å². The first-order valence-corrected chi connectivity index (χ1v) is 17.0. The van der Waals surface area contributed by atoms with Crippen LogP contribution in [-0.4, -0.2) is 51.0 Å². The summed E-state index contributed by atoms with van der Waals surface area (Å²) in [6.45, 7) is 0. The molecule has 0 aliphatic carbocycles. The maximum Gasteiger partial charge on any atom is 0.135 e. The highest BCUT2D eigenvalue weighted by Gasteiger charge is 2.39. The molecule has 1 unspecified atom stereocenters. The average molecular weight is 657 g/mol. The van der Waals surface area contributed by atoms with Crippen molar-refractivity contribution in [3.05, 3.63) is 164 Å². The van der Waals surface area contributed by atoms with E-state index in [2.05, 4.69) is 119 Å². The molecule has 0 aliphatic rings. The Bertz CT molecular complexity index is 2770. The number of pyridine rings is 1. The summed E-state index contributed by atoms with van der Waals surface area (Å²) < 4.78 is 1.76. The Morgan fingerprint density at radius 2 is 1.08 bits per heavy atom. The van der Waals surface area contributed by atoms with Crippen molar-refractivity contribution >= 4 is 74.7 Å². The molecule has 1 N–H and O–H groups in total. The van der Waals surface area contributed by atoms with Crippen molar-refractivity contribution in [3.8, 4) is 39.1 Å². The third-order valence-corrected chi connectivity index (χ3v) is 10.1. The lowest BCUT2D eigenvalue weighted by Crippen LogP contribution is -2.44. The first-order valence-electron chi connectivity index (χ1n) is 17.0. The Morgan fingerprint density at radius 1 is 0.519 bits per heavy atom. The molecule has 9 aromatic rings. The fraction of sp³-hybridized carbons (Fsp3) is 0.0455. The smallest absolute Gasteiger partial charge is 0.135 e. The van der Waals surface area contributed by atoms with Crippen LogP contribution in [0, 0.1) is 0 Å². The number of fused-ring (bicyclic) bond motifs is 4. The van der Waals surface area contributed by atoms with Crippen LogP contribution in [0.15, 0.2) is 158 Å². The SMILES string of the molecule is [B]C([B])([B])C([B])(O)c1nc2ccccc2n1-c1ccc2cc(-c3c4ccccc4c(-c4ccccc4-c4ccncc4)c4ccccc34)ccc2c1. The van der Waals surface area contributed by atoms with Crippen LogP contribution in [0.1, 0.15) is 5.82 Å². The van der Waals surface area contributed by atoms with Gasteiger partial charge in [0.05, 0.1) is 40.1 Å². The fourth-order valence-corrected chi connectivity index (χ4v) is 7.48. The minimum absolute atomic E-state index is 0.0423. The molecule has 0 bridgehead atoms. The molecule has 8 heteroatoms. The first kappa shape index (κ1) is 32.1. The highest BCUT2D eigenvalue weighted by Crippen LogP contribution is 2.46. The number of benzene rings is 7. The molecule has 8 radical (unpaired) electrons. The van der Waals surface area contributed by atoms with Gasteiger partial charge in [-0.1, -0.05) is 103 Å². The largest absolute Gasteiger partial charge is 0.394 e. The summed E-state index contributed by atoms with van der Waals surface area (Å²) in [7, 11) is 24.2. The molecule has 2 heterocycles. The van der Waals surface area contributed by atoms with E-state index in [9.17, 15) is 5.11 Å². The molecule has 1 atom stereocenters. The predicted molar refractivity (Wildman–Crippen MR) is 217 cm³/mol. The zero-order valence-electron chi connectivity index (χ0n) is 28.1. The van der Waals surface area contributed by atoms with Gasteiger partial charge in [0.15, 0.2) is 0 Å². The Kier molecular flexibility index (Phi) is 7.49. The third kappa shape index (κ3) is 5.09. The van der Waals surface area contributed by atoms with Gasteiger partial charge < -0.3 is 5.11 Å². The summed E-state index contributed by atoms with van der Waals surface area (Å²) in [6.07, 6.45) is 3.68. The Balaban J connectivity index is 1.24. The van der Waals surface area contributed by atoms with E-state index in [1.54, 1.807) is 4.57 Å². The van der Waals surface area contributed by atoms with E-state index in [-0.39, 0.29) is 5.82 Å². The van der Waals surface area contributed by atoms with Crippen LogP contribution in [-0.2, 0) is 5.50 Å². The second kappa shape index (κ2) is 12.1. The molecule has 7 aromatic carbocycles. The summed E-state index contributed by atoms with van der Waals surface area (Å²) in [5.74, 6) is 0.0423. The summed E-state index contributed by atoms with van der Waals surface area (Å²) in [5, 5.41) is 15.9. The van der Waals surface area contributed by atoms with Crippen LogP contribution in [0.25, 0.3) is 82.4 Å². The topological polar surface area (TPSA) is 50.9 Å². The number of imidazole rings is 1. The molecule has 4 nitrogen and oxygen atoms in total. The molecular formula is C44H27B4N3O. The zero-order chi connectivity index (χ0) is 35.6. The summed E-state index contributed by atoms with van der Waals surface area (Å²) in [4.78, 5) is 8.87. The molecule has 9 rings (SSSR count). The van der Waals surface area contributed by atoms with E-state index in [1.807, 2.05) is 48.8 Å². The van der Waals surface area contributed by atoms with Crippen LogP contribution >= 0.6 is 0 Å². The highest BCUT2D eigenvalue weighted by molar-refractivity contribution is 6.62. The lowest BCUT2D eigenvalue weighted by Gasteiger charge is -2.39. The average Bonchev–Trinajstić information content (AvgIpc) is 3.57. The maximum atomic E-state index is 11.3. The van der Waals surface area contributed by atoms with Crippen molar-refractivity contribution in [1.82, 2.24) is 14.5 Å². The standard InChI is InChI=1S/C44H27B4N3O/c45-43(52,44(46,47)48)42-50-38-15-7-8-16-39(38)51(42)31-20-19-28-25-30(18-17-29(28)26-31)40-34-11-3-5-13-36(34)41(37-14-6-4-12-35(37)40)33-10-2-1-9-32(33)27-21-23-49-24-22-27/h1-26,52H. The minimum atomic E-state index is -2.34. The monoisotopic (exact) mass is 657 g/mol. The second-order valence-electron chi connectivity index (χ2n) is 13.3. The number of hydrogen-bond acceptors (Lipinski definition) is 3. The maximum absolute atomic E-state index is 11.3. The number of para-hydroxylation sites is 2. The Hall–Kier alpha value is -5.84. The van der Waals surface area contributed by atoms with E-state index < -0.39 is 10.6 Å². The quantitative estimate of drug-likeness (QED) is 0.144. The Labute approximate surface area is 306 Å². The molecule has 2 aromatic heterocycles. The number of hydrogen-bond donors (Lipinski definition) is 1. The van der Waals surface area contributed by atoms with Gasteiger partial charge >= 0.3 is 0 Å². The molecular weight excluding hydrogens is 630 g/mol. The molecule has 0 amide bonds. The molecule has 0 saturated heterocycles. The van der Waals surface area contributed by atoms with Gasteiger partial charge in [-0.05, 0) is 108 Å². The molecule has 52 heavy (non-hydrogen) atoms. The van der Waals surface area contributed by atoms with Crippen molar-refractivity contribution in [3.63, 3.8) is 0 Å². The summed E-state index contributed by atoms with van der Waals surface area (Å²) in [6, 6.07) is 50.1. The van der Waals surface area contributed by atoms with Crippen molar-refractivity contribution in [2.75, 3.05) is 0 Å². The predicted octanol–water partition coefficient (Wildman–Crippen LogP) is 8.77. The van der Waals surface area contributed by atoms with Crippen molar-refractivity contribution in [2.45, 2.75) is 10.6 Å². The van der Waals surface area contributed by atoms with E-state index in [4.69, 9.17) is 31.4 Å². The normalized spacial score (nSPS) is 13.2. The van der Waals surface area contributed by atoms with Crippen LogP contribution in [0.3, 0.4) is 0 Å². The van der Waals surface area contributed by atoms with Crippen molar-refractivity contribution in [2.24, 2.45) is 0 Å². The van der Waals surface area contributed by atoms with Crippen LogP contribution in [0.2, 0.25) is 5.11 Å². The molecule has 0 aliphatic heterocycles. The van der Waals surface area contributed by atoms with Gasteiger partial charge in [-0.15, -0.1) is 5.11 Å². The lowest BCUT2D eigenvalue weighted by molar-refractivity contribution is 0.118. The lowest BCUT2D eigenvalue weighted by atomic mass is 9.32. The first-order chi connectivity index (χ1) is 25.2. The second-order valence-corrected chi connectivity index (χ2v) is 13.3. The number of rotatable bonds is 6. The molecule has 0 fully saturated rings. The highest BCUT2D eigenvalue weighted by atomic mass is 16.3. The number of aromatic nitrogens is 3. The van der Waals surface area contributed by atoms with Gasteiger partial charge in [-0.25, -0.2) is 4.98 Å². The Morgan fingerprint density at radius 3 is 1.75 bits per heavy atom. The third-order valence-electron chi connectivity index (χ3n) is 10.1. The molecule has 0 spiro atoms. The van der Waals surface area contributed by atoms with Crippen LogP contribution in [0.4, 0.5) is 0 Å². The molecule has 236 valence electrons. The number of nitrogens with zero attached hydrogens (tertiary/aromatic N) is 3. The summed E-state index contributed by atoms with van der Waals surface area (Å²) >= 11 is 0. The zero-order valence-corrected chi connectivity index (χ0v) is 28.1. The van der Waals surface area contributed by atoms with E-state index in [1.165, 1.54) is 38.2 Å². The van der Waals surface area contributed by atoms with Gasteiger partial charge in [0, 0.05) is 18.1 Å². The van der Waals surface area contributed by atoms with E-state index in [0.717, 1.165) is 38.7 Å². The molecule has 0 saturated carbocycles. The van der Waals surface area contributed by atoms with E-state index in [0.29, 0.717) is 5.52 Å². The van der Waals surface area contributed by atoms with E-state index >= 15 is 0 Å². The van der Waals surface area contributed by atoms with Gasteiger partial charge in [0.1, 0.15) is 13.7 Å². The summed E-state index contributed by atoms with van der Waals surface area (Å²) in [5.41, 5.74) is 6.66. The fourth-order valence-electron chi connectivity index (χ4n) is 7.48. The van der Waals surface area contributed by atoms with Crippen molar-refractivity contribution < 1.29 is 5.11 Å². The van der Waals surface area contributed by atoms with Crippen LogP contribution < -0.4 is 0 Å². The van der Waals surface area contributed by atoms with Crippen molar-refractivity contribution in [1.29, 1.82) is 0 Å². The number of aliphatic hydroxyl groups is 1. The van der Waals surface area contributed by atoms with Crippen LogP contribution in [0.5, 0.6) is 0 Å². The van der Waals surface area contributed by atoms with Gasteiger partial charge in [-0.2, -0.15) is 0 Å². The van der Waals surface area contributed by atoms with Gasteiger partial charge in [0.25, 0.3) is 0 Å². The minimum Gasteiger partial charge on any atom is -0.394 e.